The zero-order valence-electron chi connectivity index (χ0n) is 10.6. The second kappa shape index (κ2) is 7.72. The lowest BCUT2D eigenvalue weighted by atomic mass is 9.97. The average molecular weight is 258 g/mol. The molecule has 0 aliphatic heterocycles. The first-order valence-corrected chi connectivity index (χ1v) is 6.61. The Labute approximate surface area is 110 Å². The molecular weight excluding hydrogens is 234 g/mol. The second-order valence-corrected chi connectivity index (χ2v) is 4.90. The molecule has 17 heavy (non-hydrogen) atoms. The van der Waals surface area contributed by atoms with E-state index in [-0.39, 0.29) is 12.4 Å². The van der Waals surface area contributed by atoms with Crippen LogP contribution < -0.4 is 5.32 Å². The van der Waals surface area contributed by atoms with Gasteiger partial charge in [-0.1, -0.05) is 26.2 Å². The van der Waals surface area contributed by atoms with Gasteiger partial charge in [0.2, 0.25) is 0 Å². The third-order valence-corrected chi connectivity index (χ3v) is 3.70. The van der Waals surface area contributed by atoms with Crippen molar-refractivity contribution in [3.63, 3.8) is 0 Å². The third-order valence-electron chi connectivity index (χ3n) is 3.70. The fourth-order valence-corrected chi connectivity index (χ4v) is 2.74. The summed E-state index contributed by atoms with van der Waals surface area (Å²) >= 11 is 0. The van der Waals surface area contributed by atoms with Gasteiger partial charge in [-0.05, 0) is 31.2 Å². The predicted octanol–water partition coefficient (Wildman–Crippen LogP) is 3.28. The number of aromatic amines is 1. The van der Waals surface area contributed by atoms with Crippen LogP contribution in [0.15, 0.2) is 12.3 Å². The maximum absolute atomic E-state index is 3.97. The van der Waals surface area contributed by atoms with Crippen molar-refractivity contribution in [1.29, 1.82) is 0 Å². The Kier molecular flexibility index (Phi) is 6.60. The van der Waals surface area contributed by atoms with E-state index < -0.39 is 0 Å². The Balaban J connectivity index is 0.00000144. The molecule has 1 fully saturated rings. The van der Waals surface area contributed by atoms with Crippen molar-refractivity contribution >= 4 is 12.4 Å². The highest BCUT2D eigenvalue weighted by molar-refractivity contribution is 5.85. The molecule has 1 heterocycles. The van der Waals surface area contributed by atoms with E-state index in [2.05, 4.69) is 22.4 Å². The minimum Gasteiger partial charge on any atom is -0.308 e. The standard InChI is InChI=1S/C13H23N3.ClH/c1-2-3-5-11-6-4-7-13(11)14-10-12-8-9-15-16-12;/h8-9,11,13-14H,2-7,10H2,1H3,(H,15,16);1H. The van der Waals surface area contributed by atoms with Crippen molar-refractivity contribution in [2.24, 2.45) is 5.92 Å². The minimum absolute atomic E-state index is 0. The van der Waals surface area contributed by atoms with E-state index in [1.165, 1.54) is 44.2 Å². The van der Waals surface area contributed by atoms with Gasteiger partial charge in [0.05, 0.1) is 0 Å². The minimum atomic E-state index is 0. The van der Waals surface area contributed by atoms with Gasteiger partial charge in [-0.3, -0.25) is 5.10 Å². The maximum Gasteiger partial charge on any atom is 0.0490 e. The Bertz CT molecular complexity index is 287. The molecule has 0 radical (unpaired) electrons. The molecule has 1 aliphatic rings. The lowest BCUT2D eigenvalue weighted by Crippen LogP contribution is -2.32. The van der Waals surface area contributed by atoms with Crippen LogP contribution in [0.25, 0.3) is 0 Å². The summed E-state index contributed by atoms with van der Waals surface area (Å²) in [6, 6.07) is 2.78. The normalized spacial score (nSPS) is 23.6. The molecule has 3 nitrogen and oxygen atoms in total. The number of rotatable bonds is 6. The lowest BCUT2D eigenvalue weighted by molar-refractivity contribution is 0.367. The molecule has 4 heteroatoms. The summed E-state index contributed by atoms with van der Waals surface area (Å²) in [6.07, 6.45) is 10.1. The molecule has 1 aliphatic carbocycles. The molecule has 2 N–H and O–H groups in total. The summed E-state index contributed by atoms with van der Waals surface area (Å²) in [7, 11) is 0. The van der Waals surface area contributed by atoms with Gasteiger partial charge in [0.15, 0.2) is 0 Å². The van der Waals surface area contributed by atoms with Gasteiger partial charge in [0, 0.05) is 24.5 Å². The lowest BCUT2D eigenvalue weighted by Gasteiger charge is -2.20. The number of nitrogens with one attached hydrogen (secondary N) is 2. The van der Waals surface area contributed by atoms with Crippen molar-refractivity contribution in [3.8, 4) is 0 Å². The molecule has 0 bridgehead atoms. The van der Waals surface area contributed by atoms with Crippen molar-refractivity contribution in [2.75, 3.05) is 0 Å². The van der Waals surface area contributed by atoms with Crippen LogP contribution in [0.3, 0.4) is 0 Å². The number of nitrogens with zero attached hydrogens (tertiary/aromatic N) is 1. The van der Waals surface area contributed by atoms with Crippen LogP contribution in [-0.2, 0) is 6.54 Å². The van der Waals surface area contributed by atoms with Crippen LogP contribution in [0.5, 0.6) is 0 Å². The summed E-state index contributed by atoms with van der Waals surface area (Å²) in [5.41, 5.74) is 1.20. The van der Waals surface area contributed by atoms with E-state index in [1.807, 2.05) is 12.3 Å². The molecule has 98 valence electrons. The molecule has 2 rings (SSSR count). The van der Waals surface area contributed by atoms with E-state index >= 15 is 0 Å². The Morgan fingerprint density at radius 2 is 2.35 bits per heavy atom. The highest BCUT2D eigenvalue weighted by Gasteiger charge is 2.25. The van der Waals surface area contributed by atoms with Gasteiger partial charge in [-0.25, -0.2) is 0 Å². The average Bonchev–Trinajstić information content (AvgIpc) is 2.94. The van der Waals surface area contributed by atoms with Crippen LogP contribution in [0.2, 0.25) is 0 Å². The Morgan fingerprint density at radius 1 is 1.47 bits per heavy atom. The van der Waals surface area contributed by atoms with Crippen molar-refractivity contribution < 1.29 is 0 Å². The Morgan fingerprint density at radius 3 is 3.06 bits per heavy atom. The number of hydrogen-bond acceptors (Lipinski definition) is 2. The zero-order chi connectivity index (χ0) is 11.2. The Hall–Kier alpha value is -0.540. The van der Waals surface area contributed by atoms with E-state index in [0.29, 0.717) is 0 Å². The van der Waals surface area contributed by atoms with Crippen LogP contribution in [0, 0.1) is 5.92 Å². The summed E-state index contributed by atoms with van der Waals surface area (Å²) in [5.74, 6) is 0.905. The highest BCUT2D eigenvalue weighted by atomic mass is 35.5. The van der Waals surface area contributed by atoms with Gasteiger partial charge in [-0.2, -0.15) is 5.10 Å². The van der Waals surface area contributed by atoms with E-state index in [9.17, 15) is 0 Å². The van der Waals surface area contributed by atoms with Crippen molar-refractivity contribution in [3.05, 3.63) is 18.0 Å². The molecule has 0 saturated heterocycles. The first-order valence-electron chi connectivity index (χ1n) is 6.61. The van der Waals surface area contributed by atoms with E-state index in [1.54, 1.807) is 0 Å². The van der Waals surface area contributed by atoms with Gasteiger partial charge in [-0.15, -0.1) is 12.4 Å². The maximum atomic E-state index is 3.97. The van der Waals surface area contributed by atoms with E-state index in [0.717, 1.165) is 18.5 Å². The third kappa shape index (κ3) is 4.32. The summed E-state index contributed by atoms with van der Waals surface area (Å²) in [4.78, 5) is 0. The van der Waals surface area contributed by atoms with Crippen LogP contribution in [-0.4, -0.2) is 16.2 Å². The van der Waals surface area contributed by atoms with Crippen LogP contribution in [0.1, 0.15) is 51.1 Å². The number of unbranched alkanes of at least 4 members (excludes halogenated alkanes) is 1. The smallest absolute Gasteiger partial charge is 0.0490 e. The molecule has 0 spiro atoms. The fourth-order valence-electron chi connectivity index (χ4n) is 2.74. The molecule has 1 aromatic rings. The molecule has 2 atom stereocenters. The molecule has 0 aromatic carbocycles. The summed E-state index contributed by atoms with van der Waals surface area (Å²) in [5, 5.41) is 10.6. The van der Waals surface area contributed by atoms with Crippen LogP contribution in [0.4, 0.5) is 0 Å². The van der Waals surface area contributed by atoms with Gasteiger partial charge in [0.1, 0.15) is 0 Å². The molecule has 1 aromatic heterocycles. The number of halogens is 1. The SMILES string of the molecule is CCCCC1CCCC1NCc1ccn[nH]1.Cl. The summed E-state index contributed by atoms with van der Waals surface area (Å²) < 4.78 is 0. The largest absolute Gasteiger partial charge is 0.308 e. The number of hydrogen-bond donors (Lipinski definition) is 2. The van der Waals surface area contributed by atoms with E-state index in [4.69, 9.17) is 0 Å². The first kappa shape index (κ1) is 14.5. The predicted molar refractivity (Wildman–Crippen MR) is 73.3 cm³/mol. The van der Waals surface area contributed by atoms with Crippen molar-refractivity contribution in [2.45, 2.75) is 58.0 Å². The molecule has 0 amide bonds. The van der Waals surface area contributed by atoms with Gasteiger partial charge >= 0.3 is 0 Å². The topological polar surface area (TPSA) is 40.7 Å². The number of aromatic nitrogens is 2. The highest BCUT2D eigenvalue weighted by Crippen LogP contribution is 2.29. The molecule has 2 unspecified atom stereocenters. The molecule has 1 saturated carbocycles. The molecular formula is C13H24ClN3. The number of H-pyrrole nitrogens is 1. The van der Waals surface area contributed by atoms with Crippen molar-refractivity contribution in [1.82, 2.24) is 15.5 Å². The monoisotopic (exact) mass is 257 g/mol. The summed E-state index contributed by atoms with van der Waals surface area (Å²) in [6.45, 7) is 3.22. The fraction of sp³-hybridized carbons (Fsp3) is 0.769. The first-order chi connectivity index (χ1) is 7.90. The second-order valence-electron chi connectivity index (χ2n) is 4.90. The zero-order valence-corrected chi connectivity index (χ0v) is 11.4. The van der Waals surface area contributed by atoms with Gasteiger partial charge < -0.3 is 5.32 Å². The van der Waals surface area contributed by atoms with Gasteiger partial charge in [0.25, 0.3) is 0 Å². The van der Waals surface area contributed by atoms with Crippen LogP contribution >= 0.6 is 12.4 Å². The quantitative estimate of drug-likeness (QED) is 0.821.